The summed E-state index contributed by atoms with van der Waals surface area (Å²) in [5, 5.41) is 9.29. The molecule has 0 bridgehead atoms. The third kappa shape index (κ3) is 2.99. The fourth-order valence-corrected chi connectivity index (χ4v) is 2.97. The second kappa shape index (κ2) is 6.33. The zero-order valence-electron chi connectivity index (χ0n) is 11.6. The van der Waals surface area contributed by atoms with Crippen LogP contribution in [0.25, 0.3) is 0 Å². The Labute approximate surface area is 118 Å². The molecule has 110 valence electrons. The number of aliphatic carboxylic acids is 1. The maximum Gasteiger partial charge on any atom is 0.305 e. The number of nitrogens with zero attached hydrogens (tertiary/aromatic N) is 1. The van der Waals surface area contributed by atoms with E-state index in [9.17, 15) is 14.3 Å². The Kier molecular flexibility index (Phi) is 4.73. The molecule has 1 unspecified atom stereocenters. The Morgan fingerprint density at radius 1 is 1.45 bits per heavy atom. The highest BCUT2D eigenvalue weighted by atomic mass is 19.1. The minimum atomic E-state index is -0.873. The maximum absolute atomic E-state index is 13.5. The van der Waals surface area contributed by atoms with E-state index in [1.807, 2.05) is 13.0 Å². The van der Waals surface area contributed by atoms with Crippen molar-refractivity contribution in [2.75, 3.05) is 26.3 Å². The second-order valence-electron chi connectivity index (χ2n) is 5.07. The van der Waals surface area contributed by atoms with E-state index in [-0.39, 0.29) is 12.2 Å². The molecule has 5 heteroatoms. The first-order chi connectivity index (χ1) is 9.58. The van der Waals surface area contributed by atoms with Crippen LogP contribution in [0.2, 0.25) is 0 Å². The lowest BCUT2D eigenvalue weighted by molar-refractivity contribution is -0.142. The van der Waals surface area contributed by atoms with E-state index in [0.717, 1.165) is 5.56 Å². The second-order valence-corrected chi connectivity index (χ2v) is 5.07. The van der Waals surface area contributed by atoms with Crippen molar-refractivity contribution in [2.45, 2.75) is 25.3 Å². The van der Waals surface area contributed by atoms with Gasteiger partial charge in [0.25, 0.3) is 0 Å². The van der Waals surface area contributed by atoms with E-state index in [0.29, 0.717) is 32.7 Å². The molecule has 0 aliphatic carbocycles. The first-order valence-corrected chi connectivity index (χ1v) is 6.89. The van der Waals surface area contributed by atoms with Crippen LogP contribution in [0.1, 0.15) is 25.3 Å². The number of benzene rings is 1. The van der Waals surface area contributed by atoms with Crippen LogP contribution in [0.4, 0.5) is 4.39 Å². The molecule has 0 saturated carbocycles. The number of hydrogen-bond acceptors (Lipinski definition) is 3. The standard InChI is InChI=1S/C15H20FNO3/c1-2-15(11-14(18)19,17-6-8-20-9-7-17)12-4-3-5-13(16)10-12/h3-5,10H,2,6-9,11H2,1H3,(H,18,19). The van der Waals surface area contributed by atoms with Crippen LogP contribution in [0.3, 0.4) is 0 Å². The van der Waals surface area contributed by atoms with Crippen molar-refractivity contribution in [3.8, 4) is 0 Å². The van der Waals surface area contributed by atoms with Crippen LogP contribution < -0.4 is 0 Å². The lowest BCUT2D eigenvalue weighted by Crippen LogP contribution is -2.52. The number of carboxylic acid groups (broad SMARTS) is 1. The number of ether oxygens (including phenoxy) is 1. The third-order valence-corrected chi connectivity index (χ3v) is 4.01. The van der Waals surface area contributed by atoms with Crippen LogP contribution in [0, 0.1) is 5.82 Å². The van der Waals surface area contributed by atoms with Gasteiger partial charge in [0.05, 0.1) is 25.2 Å². The lowest BCUT2D eigenvalue weighted by Gasteiger charge is -2.45. The summed E-state index contributed by atoms with van der Waals surface area (Å²) in [7, 11) is 0. The zero-order valence-corrected chi connectivity index (χ0v) is 11.6. The molecule has 2 rings (SSSR count). The van der Waals surface area contributed by atoms with Crippen molar-refractivity contribution in [3.05, 3.63) is 35.6 Å². The number of morpholine rings is 1. The van der Waals surface area contributed by atoms with Crippen LogP contribution in [-0.2, 0) is 15.1 Å². The summed E-state index contributed by atoms with van der Waals surface area (Å²) < 4.78 is 18.9. The number of carboxylic acids is 1. The predicted molar refractivity (Wildman–Crippen MR) is 73.0 cm³/mol. The summed E-state index contributed by atoms with van der Waals surface area (Å²) >= 11 is 0. The van der Waals surface area contributed by atoms with Crippen molar-refractivity contribution in [1.29, 1.82) is 0 Å². The smallest absolute Gasteiger partial charge is 0.305 e. The summed E-state index contributed by atoms with van der Waals surface area (Å²) in [5.41, 5.74) is 0.0573. The Balaban J connectivity index is 2.42. The molecule has 0 aromatic heterocycles. The average molecular weight is 281 g/mol. The molecule has 1 fully saturated rings. The Morgan fingerprint density at radius 2 is 2.15 bits per heavy atom. The lowest BCUT2D eigenvalue weighted by atomic mass is 9.82. The first-order valence-electron chi connectivity index (χ1n) is 6.89. The molecule has 1 atom stereocenters. The summed E-state index contributed by atoms with van der Waals surface area (Å²) in [6, 6.07) is 6.27. The fourth-order valence-electron chi connectivity index (χ4n) is 2.97. The van der Waals surface area contributed by atoms with Crippen LogP contribution in [0.15, 0.2) is 24.3 Å². The fraction of sp³-hybridized carbons (Fsp3) is 0.533. The number of carbonyl (C=O) groups is 1. The highest BCUT2D eigenvalue weighted by molar-refractivity contribution is 5.69. The molecule has 1 aliphatic rings. The number of hydrogen-bond donors (Lipinski definition) is 1. The molecule has 0 spiro atoms. The summed E-state index contributed by atoms with van der Waals surface area (Å²) in [5.74, 6) is -1.21. The van der Waals surface area contributed by atoms with E-state index in [1.165, 1.54) is 12.1 Å². The van der Waals surface area contributed by atoms with Crippen molar-refractivity contribution >= 4 is 5.97 Å². The van der Waals surface area contributed by atoms with Crippen LogP contribution in [0.5, 0.6) is 0 Å². The van der Waals surface area contributed by atoms with E-state index in [2.05, 4.69) is 4.90 Å². The number of halogens is 1. The first kappa shape index (κ1) is 14.9. The van der Waals surface area contributed by atoms with Crippen molar-refractivity contribution in [3.63, 3.8) is 0 Å². The summed E-state index contributed by atoms with van der Waals surface area (Å²) in [6.07, 6.45) is 0.579. The Morgan fingerprint density at radius 3 is 2.70 bits per heavy atom. The quantitative estimate of drug-likeness (QED) is 0.899. The van der Waals surface area contributed by atoms with E-state index >= 15 is 0 Å². The largest absolute Gasteiger partial charge is 0.481 e. The minimum absolute atomic E-state index is 0.0348. The van der Waals surface area contributed by atoms with Crippen molar-refractivity contribution in [1.82, 2.24) is 4.90 Å². The van der Waals surface area contributed by atoms with Gasteiger partial charge >= 0.3 is 5.97 Å². The van der Waals surface area contributed by atoms with Gasteiger partial charge in [0.2, 0.25) is 0 Å². The van der Waals surface area contributed by atoms with Gasteiger partial charge in [-0.3, -0.25) is 9.69 Å². The minimum Gasteiger partial charge on any atom is -0.481 e. The molecule has 4 nitrogen and oxygen atoms in total. The molecule has 0 amide bonds. The van der Waals surface area contributed by atoms with E-state index in [4.69, 9.17) is 4.74 Å². The SMILES string of the molecule is CCC(CC(=O)O)(c1cccc(F)c1)N1CCOCC1. The Bertz CT molecular complexity index is 474. The third-order valence-electron chi connectivity index (χ3n) is 4.01. The highest BCUT2D eigenvalue weighted by Crippen LogP contribution is 2.36. The molecule has 1 aliphatic heterocycles. The monoisotopic (exact) mass is 281 g/mol. The van der Waals surface area contributed by atoms with Gasteiger partial charge in [-0.05, 0) is 24.1 Å². The highest BCUT2D eigenvalue weighted by Gasteiger charge is 2.39. The predicted octanol–water partition coefficient (Wildman–Crippen LogP) is 2.24. The van der Waals surface area contributed by atoms with Gasteiger partial charge in [-0.1, -0.05) is 19.1 Å². The van der Waals surface area contributed by atoms with Gasteiger partial charge in [-0.25, -0.2) is 4.39 Å². The molecule has 1 aromatic rings. The average Bonchev–Trinajstić information content (AvgIpc) is 2.45. The van der Waals surface area contributed by atoms with Gasteiger partial charge in [-0.15, -0.1) is 0 Å². The number of rotatable bonds is 5. The topological polar surface area (TPSA) is 49.8 Å². The molecule has 1 aromatic carbocycles. The molecular formula is C15H20FNO3. The normalized spacial score (nSPS) is 19.5. The maximum atomic E-state index is 13.5. The molecular weight excluding hydrogens is 261 g/mol. The molecule has 1 saturated heterocycles. The molecule has 1 heterocycles. The molecule has 20 heavy (non-hydrogen) atoms. The summed E-state index contributed by atoms with van der Waals surface area (Å²) in [4.78, 5) is 13.4. The van der Waals surface area contributed by atoms with Crippen LogP contribution >= 0.6 is 0 Å². The van der Waals surface area contributed by atoms with Crippen molar-refractivity contribution < 1.29 is 19.0 Å². The van der Waals surface area contributed by atoms with Gasteiger partial charge in [0.1, 0.15) is 5.82 Å². The van der Waals surface area contributed by atoms with Crippen LogP contribution in [-0.4, -0.2) is 42.3 Å². The van der Waals surface area contributed by atoms with E-state index in [1.54, 1.807) is 6.07 Å². The van der Waals surface area contributed by atoms with Gasteiger partial charge in [0, 0.05) is 13.1 Å². The van der Waals surface area contributed by atoms with Crippen molar-refractivity contribution in [2.24, 2.45) is 0 Å². The van der Waals surface area contributed by atoms with Gasteiger partial charge in [-0.2, -0.15) is 0 Å². The van der Waals surface area contributed by atoms with Gasteiger partial charge in [0.15, 0.2) is 0 Å². The molecule has 1 N–H and O–H groups in total. The zero-order chi connectivity index (χ0) is 14.6. The van der Waals surface area contributed by atoms with Gasteiger partial charge < -0.3 is 9.84 Å². The molecule has 0 radical (unpaired) electrons. The summed E-state index contributed by atoms with van der Waals surface area (Å²) in [6.45, 7) is 4.44. The Hall–Kier alpha value is -1.46. The van der Waals surface area contributed by atoms with E-state index < -0.39 is 11.5 Å².